The Hall–Kier alpha value is -9.12. The lowest BCUT2D eigenvalue weighted by Crippen LogP contribution is -2.60. The Morgan fingerprint density at radius 2 is 0.685 bits per heavy atom. The molecule has 0 aliphatic carbocycles. The summed E-state index contributed by atoms with van der Waals surface area (Å²) >= 11 is 0. The van der Waals surface area contributed by atoms with Gasteiger partial charge in [0.25, 0.3) is 0 Å². The van der Waals surface area contributed by atoms with E-state index in [9.17, 15) is 53.1 Å². The highest BCUT2D eigenvalue weighted by atomic mass is 16.3. The van der Waals surface area contributed by atoms with Crippen LogP contribution in [0.25, 0.3) is 0 Å². The van der Waals surface area contributed by atoms with Crippen LogP contribution < -0.4 is 111 Å². The molecule has 0 spiro atoms. The van der Waals surface area contributed by atoms with Gasteiger partial charge in [0.05, 0.1) is 6.10 Å². The largest absolute Gasteiger partial charge is 0.391 e. The van der Waals surface area contributed by atoms with Gasteiger partial charge in [0, 0.05) is 39.5 Å². The maximum Gasteiger partial charge on any atom is 0.243 e. The summed E-state index contributed by atoms with van der Waals surface area (Å²) in [5.74, 6) is -9.34. The Balaban J connectivity index is 3.75. The van der Waals surface area contributed by atoms with Crippen molar-refractivity contribution in [1.29, 1.82) is 0 Å². The average Bonchev–Trinajstić information content (AvgIpc) is 2.58. The number of guanidine groups is 4. The van der Waals surface area contributed by atoms with Crippen LogP contribution in [0.1, 0.15) is 116 Å². The summed E-state index contributed by atoms with van der Waals surface area (Å²) in [6, 6.07) is -3.49. The maximum atomic E-state index is 14.6. The van der Waals surface area contributed by atoms with Gasteiger partial charge in [-0.15, -0.1) is 0 Å². The highest BCUT2D eigenvalue weighted by Gasteiger charge is 2.35. The van der Waals surface area contributed by atoms with Crippen molar-refractivity contribution in [2.75, 3.05) is 39.3 Å². The van der Waals surface area contributed by atoms with Gasteiger partial charge in [-0.3, -0.25) is 67.9 Å². The number of hydrogen-bond acceptors (Lipinski definition) is 17. The van der Waals surface area contributed by atoms with Gasteiger partial charge in [-0.25, -0.2) is 0 Å². The molecule has 0 saturated carbocycles. The van der Waals surface area contributed by atoms with E-state index in [0.717, 1.165) is 5.56 Å². The van der Waals surface area contributed by atoms with Crippen LogP contribution in [0.4, 0.5) is 0 Å². The van der Waals surface area contributed by atoms with Gasteiger partial charge in [-0.05, 0) is 122 Å². The van der Waals surface area contributed by atoms with E-state index < -0.39 is 120 Å². The minimum absolute atomic E-state index is 0.0100. The summed E-state index contributed by atoms with van der Waals surface area (Å²) in [5.41, 5.74) is 62.0. The lowest BCUT2D eigenvalue weighted by atomic mass is 10.0. The first-order valence-electron chi connectivity index (χ1n) is 29.4. The topological polar surface area (TPSA) is 635 Å². The molecule has 0 aliphatic heterocycles. The molecule has 0 saturated heterocycles. The second-order valence-electron chi connectivity index (χ2n) is 21.0. The fourth-order valence-electron chi connectivity index (χ4n) is 8.64. The second kappa shape index (κ2) is 43.5. The molecule has 0 radical (unpaired) electrons. The van der Waals surface area contributed by atoms with Crippen molar-refractivity contribution in [2.45, 2.75) is 178 Å². The van der Waals surface area contributed by atoms with Crippen LogP contribution in [-0.4, -0.2) is 188 Å². The molecule has 0 bridgehead atoms. The predicted molar refractivity (Wildman–Crippen MR) is 335 cm³/mol. The van der Waals surface area contributed by atoms with Crippen molar-refractivity contribution < 1.29 is 53.1 Å². The number of aliphatic hydroxyl groups excluding tert-OH is 1. The predicted octanol–water partition coefficient (Wildman–Crippen LogP) is -8.03. The Kier molecular flexibility index (Phi) is 38.1. The molecule has 1 rings (SSSR count). The average molecular weight is 1260 g/mol. The van der Waals surface area contributed by atoms with Gasteiger partial charge >= 0.3 is 0 Å². The van der Waals surface area contributed by atoms with Crippen LogP contribution in [0.5, 0.6) is 0 Å². The fraction of sp³-hybridized carbons (Fsp3) is 0.630. The third-order valence-corrected chi connectivity index (χ3v) is 13.3. The smallest absolute Gasteiger partial charge is 0.243 e. The van der Waals surface area contributed by atoms with Gasteiger partial charge in [0.15, 0.2) is 23.8 Å². The SMILES string of the molecule is CC(=O)N[C@@H](Cc1ccccc1)C(=O)N[C@@H](C)C(=O)N[C@@H](CCCN=C(N)N)C(=O)N[C@@H](CCCN=C(N)N)C(=O)N[C@@H](CCCN=C(N)N)C(=O)N[C@@H](CCCCN)C(=O)N[C@@H](CCCCN)C(=O)N[C@@H](CCCN=C(N)N)C(=O)N[C@H](C(N)=O)[C@@H](C)O. The van der Waals surface area contributed by atoms with Gasteiger partial charge in [0.1, 0.15) is 54.4 Å². The van der Waals surface area contributed by atoms with Crippen molar-refractivity contribution in [2.24, 2.45) is 83.0 Å². The molecule has 1 aromatic rings. The first-order valence-corrected chi connectivity index (χ1v) is 29.4. The van der Waals surface area contributed by atoms with Crippen LogP contribution in [0.3, 0.4) is 0 Å². The highest BCUT2D eigenvalue weighted by molar-refractivity contribution is 5.98. The van der Waals surface area contributed by atoms with Gasteiger partial charge in [-0.2, -0.15) is 0 Å². The third-order valence-electron chi connectivity index (χ3n) is 13.3. The second-order valence-corrected chi connectivity index (χ2v) is 21.0. The number of hydrogen-bond donors (Lipinski definition) is 21. The zero-order valence-electron chi connectivity index (χ0n) is 51.2. The van der Waals surface area contributed by atoms with Gasteiger partial charge < -0.3 is 116 Å². The number of carbonyl (C=O) groups is 10. The molecule has 89 heavy (non-hydrogen) atoms. The van der Waals surface area contributed by atoms with Crippen molar-refractivity contribution in [3.05, 3.63) is 35.9 Å². The summed E-state index contributed by atoms with van der Waals surface area (Å²) in [6.45, 7) is 4.28. The molecular weight excluding hydrogens is 1160 g/mol. The van der Waals surface area contributed by atoms with E-state index in [4.69, 9.17) is 63.1 Å². The lowest BCUT2D eigenvalue weighted by Gasteiger charge is -2.28. The van der Waals surface area contributed by atoms with Crippen LogP contribution >= 0.6 is 0 Å². The first-order chi connectivity index (χ1) is 42.1. The summed E-state index contributed by atoms with van der Waals surface area (Å²) < 4.78 is 0. The molecular formula is C54H98N24O11. The summed E-state index contributed by atoms with van der Waals surface area (Å²) in [7, 11) is 0. The van der Waals surface area contributed by atoms with Crippen LogP contribution in [0.2, 0.25) is 0 Å². The van der Waals surface area contributed by atoms with Crippen molar-refractivity contribution >= 4 is 82.9 Å². The van der Waals surface area contributed by atoms with E-state index in [1.54, 1.807) is 30.3 Å². The monoisotopic (exact) mass is 1260 g/mol. The Bertz CT molecular complexity index is 2540. The molecule has 0 aromatic heterocycles. The molecule has 32 N–H and O–H groups in total. The maximum absolute atomic E-state index is 14.6. The van der Waals surface area contributed by atoms with E-state index in [2.05, 4.69) is 67.8 Å². The number of aliphatic imine (C=N–C) groups is 4. The standard InChI is InChI=1S/C54H98N24O11/c1-30(70-50(89)40(71-32(3)80)29-33-15-5-4-6-16-33)43(82)72-36(19-11-25-66-51(58)59)46(85)75-38(21-13-27-68-53(62)63)48(87)76-37(20-12-26-67-52(60)61)47(86)74-34(17-7-9-23-55)44(83)73-35(18-8-10-24-56)45(84)77-39(22-14-28-69-54(64)65)49(88)78-41(31(2)79)42(57)81/h4-6,15-16,30-31,34-41,79H,7-14,17-29,55-56H2,1-3H3,(H2,57,81)(H,70,89)(H,71,80)(H,72,82)(H,73,83)(H,74,86)(H,75,85)(H,76,87)(H,77,84)(H,78,88)(H4,58,59,66)(H4,60,61,67)(H4,62,63,68)(H4,64,65,69)/t30-,31+,34-,35-,36-,37-,38-,39-,40-,41-/m0/s1. The number of aliphatic hydroxyl groups is 1. The highest BCUT2D eigenvalue weighted by Crippen LogP contribution is 2.12. The molecule has 0 fully saturated rings. The minimum atomic E-state index is -1.54. The zero-order valence-corrected chi connectivity index (χ0v) is 51.2. The van der Waals surface area contributed by atoms with E-state index >= 15 is 0 Å². The van der Waals surface area contributed by atoms with Crippen LogP contribution in [-0.2, 0) is 54.4 Å². The number of unbranched alkanes of at least 4 members (excludes halogenated alkanes) is 2. The Morgan fingerprint density at radius 1 is 0.393 bits per heavy atom. The number of carbonyl (C=O) groups excluding carboxylic acids is 10. The van der Waals surface area contributed by atoms with E-state index in [1.807, 2.05) is 0 Å². The van der Waals surface area contributed by atoms with Crippen molar-refractivity contribution in [3.63, 3.8) is 0 Å². The fourth-order valence-corrected chi connectivity index (χ4v) is 8.64. The number of amides is 10. The van der Waals surface area contributed by atoms with E-state index in [1.165, 1.54) is 20.8 Å². The van der Waals surface area contributed by atoms with Crippen LogP contribution in [0, 0.1) is 0 Å². The lowest BCUT2D eigenvalue weighted by molar-refractivity contribution is -0.136. The van der Waals surface area contributed by atoms with E-state index in [-0.39, 0.29) is 140 Å². The van der Waals surface area contributed by atoms with E-state index in [0.29, 0.717) is 19.3 Å². The molecule has 1 aromatic carbocycles. The number of benzene rings is 1. The molecule has 0 unspecified atom stereocenters. The third kappa shape index (κ3) is 34.1. The Labute approximate surface area is 518 Å². The molecule has 10 amide bonds. The molecule has 500 valence electrons. The van der Waals surface area contributed by atoms with Gasteiger partial charge in [-0.1, -0.05) is 30.3 Å². The molecule has 0 heterocycles. The number of nitrogens with one attached hydrogen (secondary N) is 9. The number of primary amides is 1. The molecule has 10 atom stereocenters. The quantitative estimate of drug-likeness (QED) is 0.0164. The summed E-state index contributed by atoms with van der Waals surface area (Å²) in [4.78, 5) is 153. The number of rotatable bonds is 45. The summed E-state index contributed by atoms with van der Waals surface area (Å²) in [5, 5.41) is 33.6. The van der Waals surface area contributed by atoms with Crippen molar-refractivity contribution in [1.82, 2.24) is 47.9 Å². The van der Waals surface area contributed by atoms with Crippen LogP contribution in [0.15, 0.2) is 50.3 Å². The Morgan fingerprint density at radius 3 is 0.966 bits per heavy atom. The molecule has 35 nitrogen and oxygen atoms in total. The van der Waals surface area contributed by atoms with Gasteiger partial charge in [0.2, 0.25) is 59.1 Å². The minimum Gasteiger partial charge on any atom is -0.391 e. The first kappa shape index (κ1) is 77.9. The number of nitrogens with two attached hydrogens (primary N) is 11. The molecule has 35 heteroatoms. The zero-order chi connectivity index (χ0) is 67.0. The normalized spacial score (nSPS) is 14.2. The number of nitrogens with zero attached hydrogens (tertiary/aromatic N) is 4. The van der Waals surface area contributed by atoms with Crippen molar-refractivity contribution in [3.8, 4) is 0 Å². The summed E-state index contributed by atoms with van der Waals surface area (Å²) in [6.07, 6.45) is -0.0131. The molecule has 0 aliphatic rings.